The van der Waals surface area contributed by atoms with Gasteiger partial charge in [-0.3, -0.25) is 4.79 Å². The number of amides is 1. The van der Waals surface area contributed by atoms with E-state index in [1.165, 1.54) is 16.2 Å². The molecule has 122 valence electrons. The molecule has 23 heavy (non-hydrogen) atoms. The second-order valence-electron chi connectivity index (χ2n) is 5.41. The number of carbonyl (C=O) groups excluding carboxylic acids is 1. The molecule has 2 aromatic rings. The summed E-state index contributed by atoms with van der Waals surface area (Å²) < 4.78 is 0. The van der Waals surface area contributed by atoms with Gasteiger partial charge in [0.05, 0.1) is 18.2 Å². The first-order valence-corrected chi connectivity index (χ1v) is 9.06. The molecule has 1 fully saturated rings. The van der Waals surface area contributed by atoms with E-state index < -0.39 is 18.1 Å². The monoisotopic (exact) mass is 352 g/mol. The highest BCUT2D eigenvalue weighted by atomic mass is 32.1. The van der Waals surface area contributed by atoms with Gasteiger partial charge in [-0.1, -0.05) is 0 Å². The molecule has 2 N–H and O–H groups in total. The Bertz CT molecular complexity index is 698. The van der Waals surface area contributed by atoms with E-state index in [0.29, 0.717) is 25.1 Å². The van der Waals surface area contributed by atoms with Crippen LogP contribution in [0.4, 0.5) is 0 Å². The van der Waals surface area contributed by atoms with Crippen molar-refractivity contribution in [3.8, 4) is 10.6 Å². The van der Waals surface area contributed by atoms with Crippen molar-refractivity contribution < 1.29 is 19.8 Å². The van der Waals surface area contributed by atoms with Gasteiger partial charge in [-0.2, -0.15) is 11.3 Å². The number of likely N-dealkylation sites (tertiary alicyclic amines) is 1. The zero-order chi connectivity index (χ0) is 16.4. The van der Waals surface area contributed by atoms with Gasteiger partial charge in [0.15, 0.2) is 6.04 Å². The Kier molecular flexibility index (Phi) is 4.74. The third-order valence-corrected chi connectivity index (χ3v) is 5.45. The average molecular weight is 352 g/mol. The number of carboxylic acids is 1. The molecule has 1 saturated heterocycles. The number of thiophene rings is 1. The molecule has 1 aliphatic rings. The fourth-order valence-corrected chi connectivity index (χ4v) is 4.25. The van der Waals surface area contributed by atoms with Crippen molar-refractivity contribution in [1.82, 2.24) is 9.88 Å². The van der Waals surface area contributed by atoms with Gasteiger partial charge in [-0.15, -0.1) is 11.3 Å². The van der Waals surface area contributed by atoms with Crippen LogP contribution in [0.2, 0.25) is 0 Å². The van der Waals surface area contributed by atoms with Crippen molar-refractivity contribution in [2.24, 2.45) is 0 Å². The maximum absolute atomic E-state index is 12.4. The van der Waals surface area contributed by atoms with Gasteiger partial charge in [-0.25, -0.2) is 9.78 Å². The van der Waals surface area contributed by atoms with Gasteiger partial charge in [-0.05, 0) is 24.3 Å². The minimum absolute atomic E-state index is 0.0527. The molecule has 3 rings (SSSR count). The minimum atomic E-state index is -1.16. The van der Waals surface area contributed by atoms with Crippen LogP contribution in [0.15, 0.2) is 22.2 Å². The number of carboxylic acid groups (broad SMARTS) is 1. The predicted octanol–water partition coefficient (Wildman–Crippen LogP) is 1.85. The number of aliphatic hydroxyl groups is 1. The van der Waals surface area contributed by atoms with Crippen molar-refractivity contribution in [3.63, 3.8) is 0 Å². The molecule has 1 aliphatic heterocycles. The molecule has 0 aromatic carbocycles. The van der Waals surface area contributed by atoms with Gasteiger partial charge >= 0.3 is 5.97 Å². The van der Waals surface area contributed by atoms with E-state index in [0.717, 1.165) is 10.6 Å². The van der Waals surface area contributed by atoms with Crippen LogP contribution in [0.25, 0.3) is 10.6 Å². The summed E-state index contributed by atoms with van der Waals surface area (Å²) in [6.45, 7) is 0.356. The SMILES string of the molecule is O=C(O)C1C(O)CCCN1C(=O)Cc1csc(-c2ccsc2)n1. The molecule has 0 bridgehead atoms. The number of nitrogens with zero attached hydrogens (tertiary/aromatic N) is 2. The predicted molar refractivity (Wildman–Crippen MR) is 87.5 cm³/mol. The molecule has 1 amide bonds. The number of piperidine rings is 1. The number of aromatic nitrogens is 1. The maximum atomic E-state index is 12.4. The van der Waals surface area contributed by atoms with Crippen LogP contribution in [0.3, 0.4) is 0 Å². The number of hydrogen-bond acceptors (Lipinski definition) is 6. The van der Waals surface area contributed by atoms with Crippen LogP contribution >= 0.6 is 22.7 Å². The topological polar surface area (TPSA) is 90.7 Å². The van der Waals surface area contributed by atoms with Gasteiger partial charge in [0.1, 0.15) is 5.01 Å². The van der Waals surface area contributed by atoms with Crippen molar-refractivity contribution in [2.75, 3.05) is 6.54 Å². The minimum Gasteiger partial charge on any atom is -0.480 e. The summed E-state index contributed by atoms with van der Waals surface area (Å²) in [4.78, 5) is 29.5. The van der Waals surface area contributed by atoms with E-state index in [1.807, 2.05) is 22.2 Å². The Morgan fingerprint density at radius 1 is 1.39 bits per heavy atom. The summed E-state index contributed by atoms with van der Waals surface area (Å²) in [6, 6.07) is 0.808. The van der Waals surface area contributed by atoms with E-state index in [1.54, 1.807) is 11.3 Å². The molecule has 6 nitrogen and oxygen atoms in total. The van der Waals surface area contributed by atoms with E-state index in [4.69, 9.17) is 0 Å². The van der Waals surface area contributed by atoms with Crippen LogP contribution in [0, 0.1) is 0 Å². The second kappa shape index (κ2) is 6.77. The first-order valence-electron chi connectivity index (χ1n) is 7.23. The number of carbonyl (C=O) groups is 2. The Balaban J connectivity index is 1.72. The molecule has 3 heterocycles. The van der Waals surface area contributed by atoms with Crippen LogP contribution in [0.5, 0.6) is 0 Å². The summed E-state index contributed by atoms with van der Waals surface area (Å²) >= 11 is 3.05. The van der Waals surface area contributed by atoms with Gasteiger partial charge in [0.2, 0.25) is 5.91 Å². The van der Waals surface area contributed by atoms with Crippen molar-refractivity contribution in [3.05, 3.63) is 27.9 Å². The summed E-state index contributed by atoms with van der Waals surface area (Å²) in [5.74, 6) is -1.47. The summed E-state index contributed by atoms with van der Waals surface area (Å²) in [5, 5.41) is 25.8. The van der Waals surface area contributed by atoms with Crippen LogP contribution in [-0.4, -0.2) is 50.7 Å². The molecular weight excluding hydrogens is 336 g/mol. The highest BCUT2D eigenvalue weighted by Crippen LogP contribution is 2.26. The Morgan fingerprint density at radius 2 is 2.22 bits per heavy atom. The summed E-state index contributed by atoms with van der Waals surface area (Å²) in [7, 11) is 0. The lowest BCUT2D eigenvalue weighted by atomic mass is 9.98. The third-order valence-electron chi connectivity index (χ3n) is 3.82. The van der Waals surface area contributed by atoms with Crippen LogP contribution in [0.1, 0.15) is 18.5 Å². The average Bonchev–Trinajstić information content (AvgIpc) is 3.17. The number of rotatable bonds is 4. The quantitative estimate of drug-likeness (QED) is 0.876. The Morgan fingerprint density at radius 3 is 2.91 bits per heavy atom. The number of aliphatic hydroxyl groups excluding tert-OH is 1. The van der Waals surface area contributed by atoms with E-state index in [-0.39, 0.29) is 12.3 Å². The molecular formula is C15H16N2O4S2. The van der Waals surface area contributed by atoms with Gasteiger partial charge in [0, 0.05) is 22.9 Å². The molecule has 2 unspecified atom stereocenters. The van der Waals surface area contributed by atoms with Crippen molar-refractivity contribution in [1.29, 1.82) is 0 Å². The fraction of sp³-hybridized carbons (Fsp3) is 0.400. The molecule has 2 aromatic heterocycles. The molecule has 2 atom stereocenters. The molecule has 8 heteroatoms. The molecule has 0 saturated carbocycles. The van der Waals surface area contributed by atoms with E-state index >= 15 is 0 Å². The Hall–Kier alpha value is -1.77. The van der Waals surface area contributed by atoms with Crippen molar-refractivity contribution >= 4 is 34.6 Å². The van der Waals surface area contributed by atoms with Crippen LogP contribution in [-0.2, 0) is 16.0 Å². The molecule has 0 radical (unpaired) electrons. The zero-order valence-corrected chi connectivity index (χ0v) is 13.8. The normalized spacial score (nSPS) is 21.3. The second-order valence-corrected chi connectivity index (χ2v) is 7.05. The van der Waals surface area contributed by atoms with Gasteiger partial charge < -0.3 is 15.1 Å². The lowest BCUT2D eigenvalue weighted by Crippen LogP contribution is -2.55. The van der Waals surface area contributed by atoms with E-state index in [9.17, 15) is 19.8 Å². The highest BCUT2D eigenvalue weighted by Gasteiger charge is 2.38. The maximum Gasteiger partial charge on any atom is 0.329 e. The first kappa shape index (κ1) is 16.1. The number of thiazole rings is 1. The van der Waals surface area contributed by atoms with Gasteiger partial charge in [0.25, 0.3) is 0 Å². The Labute approximate surface area is 141 Å². The standard InChI is InChI=1S/C15H16N2O4S2/c18-11-2-1-4-17(13(11)15(20)21)12(19)6-10-8-23-14(16-10)9-3-5-22-7-9/h3,5,7-8,11,13,18H,1-2,4,6H2,(H,20,21). The lowest BCUT2D eigenvalue weighted by molar-refractivity contribution is -0.158. The summed E-state index contributed by atoms with van der Waals surface area (Å²) in [6.07, 6.45) is 0.0483. The largest absolute Gasteiger partial charge is 0.480 e. The lowest BCUT2D eigenvalue weighted by Gasteiger charge is -2.36. The van der Waals surface area contributed by atoms with E-state index in [2.05, 4.69) is 4.98 Å². The van der Waals surface area contributed by atoms with Crippen molar-refractivity contribution in [2.45, 2.75) is 31.4 Å². The molecule has 0 aliphatic carbocycles. The smallest absolute Gasteiger partial charge is 0.329 e. The number of aliphatic carboxylic acids is 1. The fourth-order valence-electron chi connectivity index (χ4n) is 2.72. The third kappa shape index (κ3) is 3.44. The number of hydrogen-bond donors (Lipinski definition) is 2. The van der Waals surface area contributed by atoms with Crippen LogP contribution < -0.4 is 0 Å². The first-order chi connectivity index (χ1) is 11.1. The zero-order valence-electron chi connectivity index (χ0n) is 12.2. The highest BCUT2D eigenvalue weighted by molar-refractivity contribution is 7.14. The molecule has 0 spiro atoms. The summed E-state index contributed by atoms with van der Waals surface area (Å²) in [5.41, 5.74) is 1.65.